The van der Waals surface area contributed by atoms with Crippen LogP contribution in [0.4, 0.5) is 5.69 Å². The zero-order valence-corrected chi connectivity index (χ0v) is 19.3. The van der Waals surface area contributed by atoms with Gasteiger partial charge < -0.3 is 5.32 Å². The predicted octanol–water partition coefficient (Wildman–Crippen LogP) is 4.29. The number of nitrogens with one attached hydrogen (secondary N) is 1. The van der Waals surface area contributed by atoms with Crippen LogP contribution in [0.25, 0.3) is 0 Å². The third-order valence-electron chi connectivity index (χ3n) is 5.36. The third kappa shape index (κ3) is 5.79. The molecule has 0 aromatic heterocycles. The molecular formula is C23H30N2O3S2. The molecule has 0 bridgehead atoms. The van der Waals surface area contributed by atoms with Gasteiger partial charge in [0.25, 0.3) is 10.0 Å². The second-order valence-corrected chi connectivity index (χ2v) is 11.0. The van der Waals surface area contributed by atoms with Gasteiger partial charge in [-0.3, -0.25) is 9.10 Å². The molecule has 0 atom stereocenters. The highest BCUT2D eigenvalue weighted by Gasteiger charge is 2.28. The van der Waals surface area contributed by atoms with Crippen LogP contribution in [0.1, 0.15) is 36.8 Å². The standard InChI is InChI=1S/C23H30N2O3S2/c1-18-11-13-21(14-12-18)30(27,28)25(22-10-6-3-7-19(22)2)17-23(26)24-15-16-29-20-8-4-5-9-20/h3,6-7,10-14,20H,4-5,8-9,15-17H2,1-2H3,(H,24,26). The zero-order valence-electron chi connectivity index (χ0n) is 17.6. The highest BCUT2D eigenvalue weighted by molar-refractivity contribution is 7.99. The van der Waals surface area contributed by atoms with Gasteiger partial charge in [-0.05, 0) is 50.5 Å². The van der Waals surface area contributed by atoms with Crippen molar-refractivity contribution < 1.29 is 13.2 Å². The van der Waals surface area contributed by atoms with Gasteiger partial charge >= 0.3 is 0 Å². The molecule has 1 aliphatic carbocycles. The van der Waals surface area contributed by atoms with Crippen molar-refractivity contribution in [1.82, 2.24) is 5.32 Å². The van der Waals surface area contributed by atoms with E-state index >= 15 is 0 Å². The van der Waals surface area contributed by atoms with Crippen molar-refractivity contribution >= 4 is 33.4 Å². The maximum absolute atomic E-state index is 13.4. The topological polar surface area (TPSA) is 66.5 Å². The van der Waals surface area contributed by atoms with Gasteiger partial charge in [-0.1, -0.05) is 48.7 Å². The molecule has 1 aliphatic rings. The van der Waals surface area contributed by atoms with Crippen LogP contribution in [0.3, 0.4) is 0 Å². The highest BCUT2D eigenvalue weighted by atomic mass is 32.2. The first-order valence-corrected chi connectivity index (χ1v) is 12.9. The minimum atomic E-state index is -3.86. The van der Waals surface area contributed by atoms with E-state index in [2.05, 4.69) is 5.32 Å². The smallest absolute Gasteiger partial charge is 0.264 e. The minimum absolute atomic E-state index is 0.181. The SMILES string of the molecule is Cc1ccc(S(=O)(=O)N(CC(=O)NCCSC2CCCC2)c2ccccc2C)cc1. The predicted molar refractivity (Wildman–Crippen MR) is 125 cm³/mol. The van der Waals surface area contributed by atoms with Crippen LogP contribution in [-0.2, 0) is 14.8 Å². The zero-order chi connectivity index (χ0) is 21.6. The summed E-state index contributed by atoms with van der Waals surface area (Å²) >= 11 is 1.90. The summed E-state index contributed by atoms with van der Waals surface area (Å²) in [6.45, 7) is 4.07. The maximum Gasteiger partial charge on any atom is 0.264 e. The Labute approximate surface area is 184 Å². The lowest BCUT2D eigenvalue weighted by atomic mass is 10.2. The van der Waals surface area contributed by atoms with Gasteiger partial charge in [0.1, 0.15) is 6.54 Å². The monoisotopic (exact) mass is 446 g/mol. The molecule has 7 heteroatoms. The first-order chi connectivity index (χ1) is 14.4. The molecule has 0 heterocycles. The summed E-state index contributed by atoms with van der Waals surface area (Å²) in [6, 6.07) is 13.9. The number of anilines is 1. The van der Waals surface area contributed by atoms with E-state index in [1.54, 1.807) is 36.4 Å². The number of thioether (sulfide) groups is 1. The number of hydrogen-bond donors (Lipinski definition) is 1. The number of amides is 1. The highest BCUT2D eigenvalue weighted by Crippen LogP contribution is 2.29. The van der Waals surface area contributed by atoms with Gasteiger partial charge in [0.2, 0.25) is 5.91 Å². The number of hydrogen-bond acceptors (Lipinski definition) is 4. The average molecular weight is 447 g/mol. The number of carbonyl (C=O) groups is 1. The fourth-order valence-electron chi connectivity index (χ4n) is 3.64. The molecule has 162 valence electrons. The van der Waals surface area contributed by atoms with Crippen LogP contribution in [0, 0.1) is 13.8 Å². The summed E-state index contributed by atoms with van der Waals surface area (Å²) in [5, 5.41) is 3.59. The van der Waals surface area contributed by atoms with E-state index in [1.165, 1.54) is 30.0 Å². The van der Waals surface area contributed by atoms with Crippen molar-refractivity contribution in [2.45, 2.75) is 49.7 Å². The Hall–Kier alpha value is -1.99. The number of carbonyl (C=O) groups excluding carboxylic acids is 1. The summed E-state index contributed by atoms with van der Waals surface area (Å²) in [6.07, 6.45) is 5.11. The molecular weight excluding hydrogens is 416 g/mol. The van der Waals surface area contributed by atoms with Crippen LogP contribution in [0.2, 0.25) is 0 Å². The Morgan fingerprint density at radius 2 is 1.73 bits per heavy atom. The lowest BCUT2D eigenvalue weighted by Gasteiger charge is -2.25. The summed E-state index contributed by atoms with van der Waals surface area (Å²) in [5.74, 6) is 0.562. The molecule has 2 aromatic rings. The Bertz CT molecular complexity index is 953. The van der Waals surface area contributed by atoms with Crippen molar-refractivity contribution in [3.8, 4) is 0 Å². The molecule has 5 nitrogen and oxygen atoms in total. The summed E-state index contributed by atoms with van der Waals surface area (Å²) < 4.78 is 28.0. The number of nitrogens with zero attached hydrogens (tertiary/aromatic N) is 1. The summed E-state index contributed by atoms with van der Waals surface area (Å²) in [4.78, 5) is 12.8. The lowest BCUT2D eigenvalue weighted by Crippen LogP contribution is -2.41. The molecule has 0 saturated heterocycles. The molecule has 1 fully saturated rings. The number of benzene rings is 2. The molecule has 2 aromatic carbocycles. The fourth-order valence-corrected chi connectivity index (χ4v) is 6.34. The molecule has 0 aliphatic heterocycles. The number of rotatable bonds is 9. The van der Waals surface area contributed by atoms with Crippen LogP contribution in [-0.4, -0.2) is 38.4 Å². The van der Waals surface area contributed by atoms with Crippen LogP contribution < -0.4 is 9.62 Å². The third-order valence-corrected chi connectivity index (χ3v) is 8.52. The Morgan fingerprint density at radius 3 is 2.40 bits per heavy atom. The first-order valence-electron chi connectivity index (χ1n) is 10.4. The van der Waals surface area contributed by atoms with Crippen LogP contribution >= 0.6 is 11.8 Å². The van der Waals surface area contributed by atoms with Gasteiger partial charge in [-0.15, -0.1) is 0 Å². The summed E-state index contributed by atoms with van der Waals surface area (Å²) in [7, 11) is -3.86. The van der Waals surface area contributed by atoms with E-state index in [9.17, 15) is 13.2 Å². The normalized spacial score (nSPS) is 14.6. The Morgan fingerprint density at radius 1 is 1.07 bits per heavy atom. The van der Waals surface area contributed by atoms with Crippen LogP contribution in [0.5, 0.6) is 0 Å². The minimum Gasteiger partial charge on any atom is -0.354 e. The number of aryl methyl sites for hydroxylation is 2. The Kier molecular flexibility index (Phi) is 7.83. The molecule has 1 saturated carbocycles. The van der Waals surface area contributed by atoms with E-state index in [0.717, 1.165) is 16.9 Å². The quantitative estimate of drug-likeness (QED) is 0.584. The number of para-hydroxylation sites is 1. The van der Waals surface area contributed by atoms with E-state index in [4.69, 9.17) is 0 Å². The van der Waals surface area contributed by atoms with Crippen molar-refractivity contribution in [2.75, 3.05) is 23.1 Å². The van der Waals surface area contributed by atoms with Crippen molar-refractivity contribution in [2.24, 2.45) is 0 Å². The second kappa shape index (κ2) is 10.4. The fraction of sp³-hybridized carbons (Fsp3) is 0.435. The first kappa shape index (κ1) is 22.7. The van der Waals surface area contributed by atoms with Gasteiger partial charge in [-0.2, -0.15) is 11.8 Å². The van der Waals surface area contributed by atoms with Gasteiger partial charge in [-0.25, -0.2) is 8.42 Å². The number of sulfonamides is 1. The van der Waals surface area contributed by atoms with Gasteiger partial charge in [0.15, 0.2) is 0 Å². The van der Waals surface area contributed by atoms with Crippen molar-refractivity contribution in [3.05, 3.63) is 59.7 Å². The molecule has 0 radical (unpaired) electrons. The van der Waals surface area contributed by atoms with E-state index in [-0.39, 0.29) is 17.3 Å². The largest absolute Gasteiger partial charge is 0.354 e. The lowest BCUT2D eigenvalue weighted by molar-refractivity contribution is -0.119. The van der Waals surface area contributed by atoms with Gasteiger partial charge in [0, 0.05) is 17.5 Å². The van der Waals surface area contributed by atoms with Crippen molar-refractivity contribution in [1.29, 1.82) is 0 Å². The average Bonchev–Trinajstić information content (AvgIpc) is 3.24. The molecule has 3 rings (SSSR count). The second-order valence-electron chi connectivity index (χ2n) is 7.74. The molecule has 1 N–H and O–H groups in total. The van der Waals surface area contributed by atoms with E-state index in [0.29, 0.717) is 17.5 Å². The molecule has 1 amide bonds. The van der Waals surface area contributed by atoms with Crippen molar-refractivity contribution in [3.63, 3.8) is 0 Å². The maximum atomic E-state index is 13.4. The van der Waals surface area contributed by atoms with E-state index < -0.39 is 10.0 Å². The summed E-state index contributed by atoms with van der Waals surface area (Å²) in [5.41, 5.74) is 2.31. The van der Waals surface area contributed by atoms with E-state index in [1.807, 2.05) is 37.7 Å². The van der Waals surface area contributed by atoms with Crippen LogP contribution in [0.15, 0.2) is 53.4 Å². The molecule has 30 heavy (non-hydrogen) atoms. The Balaban J connectivity index is 1.72. The molecule has 0 unspecified atom stereocenters. The molecule has 0 spiro atoms. The van der Waals surface area contributed by atoms with Gasteiger partial charge in [0.05, 0.1) is 10.6 Å².